The fourth-order valence-electron chi connectivity index (χ4n) is 4.48. The van der Waals surface area contributed by atoms with E-state index in [0.717, 1.165) is 11.5 Å². The Morgan fingerprint density at radius 3 is 1.27 bits per heavy atom. The summed E-state index contributed by atoms with van der Waals surface area (Å²) in [5.74, 6) is 3.01. The van der Waals surface area contributed by atoms with Crippen LogP contribution >= 0.6 is 24.8 Å². The second-order valence-corrected chi connectivity index (χ2v) is 9.46. The van der Waals surface area contributed by atoms with Gasteiger partial charge in [0.15, 0.2) is 0 Å². The van der Waals surface area contributed by atoms with Gasteiger partial charge in [0.2, 0.25) is 0 Å². The van der Waals surface area contributed by atoms with E-state index in [2.05, 4.69) is 95.2 Å². The Kier molecular flexibility index (Phi) is 16.7. The van der Waals surface area contributed by atoms with Gasteiger partial charge in [-0.2, -0.15) is 12.1 Å². The topological polar surface area (TPSA) is 26.3 Å². The van der Waals surface area contributed by atoms with Crippen molar-refractivity contribution in [1.82, 2.24) is 0 Å². The summed E-state index contributed by atoms with van der Waals surface area (Å²) < 4.78 is 11.0. The quantitative estimate of drug-likeness (QED) is 0.138. The van der Waals surface area contributed by atoms with Gasteiger partial charge in [0.1, 0.15) is 11.5 Å². The maximum atomic E-state index is 5.50. The molecule has 2 aromatic heterocycles. The minimum atomic E-state index is 0. The van der Waals surface area contributed by atoms with E-state index in [4.69, 9.17) is 8.83 Å². The third-order valence-electron chi connectivity index (χ3n) is 6.45. The molecule has 0 atom stereocenters. The van der Waals surface area contributed by atoms with Gasteiger partial charge in [0.05, 0.1) is 12.5 Å². The van der Waals surface area contributed by atoms with Crippen LogP contribution in [0.2, 0.25) is 0 Å². The van der Waals surface area contributed by atoms with Gasteiger partial charge < -0.3 is 23.7 Å². The number of halogens is 2. The summed E-state index contributed by atoms with van der Waals surface area (Å²) in [4.78, 5) is 0. The molecule has 0 spiro atoms. The fourth-order valence-corrected chi connectivity index (χ4v) is 4.48. The van der Waals surface area contributed by atoms with Crippen LogP contribution < -0.4 is 0 Å². The standard InChI is InChI=1S/2C16H15O.2CH3.2ClH.Si.Zr/c2*1-11(2)13-9-12-5-3-6-14(15(12)10-13)16-7-4-8-17-16;;;;;;/h2*3-11H,1-2H3;2*1H3;2*1H;;/q4*-1;;;;. The van der Waals surface area contributed by atoms with Gasteiger partial charge >= 0.3 is 30.2 Å². The van der Waals surface area contributed by atoms with Crippen molar-refractivity contribution in [2.75, 3.05) is 0 Å². The zero-order valence-electron chi connectivity index (χ0n) is 24.0. The number of hydrogen-bond acceptors (Lipinski definition) is 2. The Hall–Kier alpha value is -2.10. The molecule has 40 heavy (non-hydrogen) atoms. The Labute approximate surface area is 269 Å². The number of rotatable bonds is 4. The van der Waals surface area contributed by atoms with E-state index in [0.29, 0.717) is 11.8 Å². The number of fused-ring (bicyclic) bond motifs is 2. The van der Waals surface area contributed by atoms with E-state index in [1.807, 2.05) is 24.3 Å². The summed E-state index contributed by atoms with van der Waals surface area (Å²) in [6.45, 7) is 12.0. The van der Waals surface area contributed by atoms with Gasteiger partial charge in [0.25, 0.3) is 0 Å². The molecule has 0 N–H and O–H groups in total. The Balaban J connectivity index is 0.000000655. The van der Waals surface area contributed by atoms with Crippen molar-refractivity contribution in [3.05, 3.63) is 123 Å². The van der Waals surface area contributed by atoms with Crippen LogP contribution in [0.3, 0.4) is 0 Å². The molecule has 6 rings (SSSR count). The zero-order valence-corrected chi connectivity index (χ0v) is 29.1. The van der Waals surface area contributed by atoms with Gasteiger partial charge in [0, 0.05) is 0 Å². The van der Waals surface area contributed by atoms with Crippen molar-refractivity contribution < 1.29 is 32.2 Å². The molecule has 2 radical (unpaired) electrons. The molecule has 0 fully saturated rings. The molecule has 0 saturated carbocycles. The van der Waals surface area contributed by atoms with Crippen LogP contribution in [0, 0.1) is 14.9 Å². The van der Waals surface area contributed by atoms with Crippen molar-refractivity contribution in [3.8, 4) is 22.6 Å². The molecule has 6 heteroatoms. The van der Waals surface area contributed by atoms with Crippen LogP contribution in [0.5, 0.6) is 0 Å². The van der Waals surface area contributed by atoms with Crippen LogP contribution in [0.25, 0.3) is 44.2 Å². The van der Waals surface area contributed by atoms with Gasteiger partial charge in [-0.1, -0.05) is 39.8 Å². The van der Waals surface area contributed by atoms with Crippen LogP contribution in [0.1, 0.15) is 50.7 Å². The van der Waals surface area contributed by atoms with E-state index in [-0.39, 0.29) is 39.7 Å². The van der Waals surface area contributed by atoms with Gasteiger partial charge in [-0.25, -0.2) is 0 Å². The summed E-state index contributed by atoms with van der Waals surface area (Å²) in [6.07, 6.45) is 3.45. The summed E-state index contributed by atoms with van der Waals surface area (Å²) in [5, 5.41) is 5.16. The van der Waals surface area contributed by atoms with Crippen LogP contribution in [0.4, 0.5) is 0 Å². The molecular formula is C34H38Cl2O2SiZr-4. The SMILES string of the molecule is CC(C)c1cc2c(-c3ccco3)cccc2[cH-]1.CC(C)c1cc2c(-c3ccco3)cccc2[cH-]1.Cl.Cl.[CH3-].[CH3-].[Si]=[Zr]. The van der Waals surface area contributed by atoms with Crippen molar-refractivity contribution >= 4 is 53.2 Å². The van der Waals surface area contributed by atoms with Crippen LogP contribution in [0.15, 0.2) is 106 Å². The Morgan fingerprint density at radius 1 is 0.600 bits per heavy atom. The minimum absolute atomic E-state index is 0. The van der Waals surface area contributed by atoms with Crippen molar-refractivity contribution in [3.63, 3.8) is 0 Å². The Morgan fingerprint density at radius 2 is 0.975 bits per heavy atom. The summed E-state index contributed by atoms with van der Waals surface area (Å²) in [6, 6.07) is 29.7. The fraction of sp³-hybridized carbons (Fsp3) is 0.176. The van der Waals surface area contributed by atoms with Gasteiger partial charge in [-0.3, -0.25) is 0 Å². The first-order valence-electron chi connectivity index (χ1n) is 12.2. The summed E-state index contributed by atoms with van der Waals surface area (Å²) in [5.41, 5.74) is 5.14. The summed E-state index contributed by atoms with van der Waals surface area (Å²) >= 11 is 1.36. The Bertz CT molecular complexity index is 1410. The normalized spacial score (nSPS) is 9.82. The molecule has 0 aliphatic heterocycles. The number of benzene rings is 2. The monoisotopic (exact) mass is 666 g/mol. The second-order valence-electron chi connectivity index (χ2n) is 9.46. The molecule has 212 valence electrons. The van der Waals surface area contributed by atoms with Gasteiger partial charge in [-0.05, 0) is 47.2 Å². The van der Waals surface area contributed by atoms with Crippen LogP contribution in [-0.2, 0) is 23.3 Å². The third-order valence-corrected chi connectivity index (χ3v) is 6.45. The predicted molar refractivity (Wildman–Crippen MR) is 176 cm³/mol. The summed E-state index contributed by atoms with van der Waals surface area (Å²) in [7, 11) is 0. The first-order chi connectivity index (χ1) is 17.5. The predicted octanol–water partition coefficient (Wildman–Crippen LogP) is 11.2. The molecule has 0 aliphatic rings. The van der Waals surface area contributed by atoms with E-state index in [9.17, 15) is 0 Å². The van der Waals surface area contributed by atoms with Gasteiger partial charge in [-0.15, -0.1) is 93.9 Å². The zero-order chi connectivity index (χ0) is 25.7. The molecule has 2 nitrogen and oxygen atoms in total. The van der Waals surface area contributed by atoms with E-state index < -0.39 is 0 Å². The van der Waals surface area contributed by atoms with E-state index in [1.165, 1.54) is 67.1 Å². The average molecular weight is 669 g/mol. The van der Waals surface area contributed by atoms with E-state index in [1.54, 1.807) is 12.5 Å². The molecule has 2 heterocycles. The maximum absolute atomic E-state index is 5.50. The van der Waals surface area contributed by atoms with Crippen molar-refractivity contribution in [2.45, 2.75) is 39.5 Å². The first-order valence-corrected chi connectivity index (χ1v) is 16.4. The molecular weight excluding hydrogens is 631 g/mol. The molecule has 0 aliphatic carbocycles. The number of hydrogen-bond donors (Lipinski definition) is 0. The average Bonchev–Trinajstić information content (AvgIpc) is 3.70. The van der Waals surface area contributed by atoms with Crippen molar-refractivity contribution in [2.24, 2.45) is 0 Å². The first kappa shape index (κ1) is 37.9. The molecule has 0 saturated heterocycles. The second kappa shape index (κ2) is 17.7. The molecule has 0 bridgehead atoms. The third kappa shape index (κ3) is 8.46. The van der Waals surface area contributed by atoms with Crippen LogP contribution in [-0.4, -0.2) is 6.88 Å². The molecule has 0 unspecified atom stereocenters. The van der Waals surface area contributed by atoms with Crippen molar-refractivity contribution in [1.29, 1.82) is 0 Å². The molecule has 6 aromatic rings. The molecule has 4 aromatic carbocycles. The molecule has 0 amide bonds. The number of furan rings is 2. The van der Waals surface area contributed by atoms with E-state index >= 15 is 0 Å².